The van der Waals surface area contributed by atoms with E-state index in [-0.39, 0.29) is 5.97 Å². The lowest BCUT2D eigenvalue weighted by Gasteiger charge is -2.19. The van der Waals surface area contributed by atoms with Gasteiger partial charge in [0.1, 0.15) is 11.0 Å². The minimum absolute atomic E-state index is 0.363. The summed E-state index contributed by atoms with van der Waals surface area (Å²) < 4.78 is 19.7. The lowest BCUT2D eigenvalue weighted by atomic mass is 10.0. The number of hydrogen-bond acceptors (Lipinski definition) is 3. The van der Waals surface area contributed by atoms with Crippen LogP contribution in [0.2, 0.25) is 0 Å². The Kier molecular flexibility index (Phi) is 5.92. The highest BCUT2D eigenvalue weighted by Crippen LogP contribution is 2.11. The Morgan fingerprint density at radius 2 is 2.00 bits per heavy atom. The maximum absolute atomic E-state index is 12.1. The molecule has 19 heavy (non-hydrogen) atoms. The van der Waals surface area contributed by atoms with Crippen molar-refractivity contribution >= 4 is 17.0 Å². The Morgan fingerprint density at radius 1 is 1.42 bits per heavy atom. The molecule has 0 saturated carbocycles. The fourth-order valence-electron chi connectivity index (χ4n) is 1.54. The topological polar surface area (TPSA) is 55.4 Å². The molecule has 0 aliphatic rings. The monoisotopic (exact) mass is 281 g/mol. The molecular weight excluding hydrogens is 262 g/mol. The third-order valence-electron chi connectivity index (χ3n) is 2.84. The molecule has 5 heteroatoms. The Hall–Kier alpha value is -1.46. The molecule has 0 unspecified atom stereocenters. The van der Waals surface area contributed by atoms with Gasteiger partial charge >= 0.3 is 5.97 Å². The molecule has 0 bridgehead atoms. The minimum Gasteiger partial charge on any atom is -0.469 e. The van der Waals surface area contributed by atoms with E-state index in [0.29, 0.717) is 4.90 Å². The van der Waals surface area contributed by atoms with Crippen molar-refractivity contribution in [2.75, 3.05) is 7.11 Å². The number of rotatable bonds is 6. The van der Waals surface area contributed by atoms with Gasteiger partial charge in [0.05, 0.1) is 24.0 Å². The number of benzene rings is 1. The zero-order valence-electron chi connectivity index (χ0n) is 11.4. The highest BCUT2D eigenvalue weighted by atomic mass is 32.2. The predicted molar refractivity (Wildman–Crippen MR) is 75.9 cm³/mol. The average molecular weight is 281 g/mol. The predicted octanol–water partition coefficient (Wildman–Crippen LogP) is 1.97. The van der Waals surface area contributed by atoms with Crippen molar-refractivity contribution in [3.05, 3.63) is 42.5 Å². The first kappa shape index (κ1) is 15.6. The Labute approximate surface area is 116 Å². The molecule has 0 aliphatic carbocycles. The highest BCUT2D eigenvalue weighted by molar-refractivity contribution is 7.83. The van der Waals surface area contributed by atoms with Crippen molar-refractivity contribution in [2.24, 2.45) is 5.92 Å². The van der Waals surface area contributed by atoms with Gasteiger partial charge in [-0.2, -0.15) is 0 Å². The fourth-order valence-corrected chi connectivity index (χ4v) is 2.61. The summed E-state index contributed by atoms with van der Waals surface area (Å²) in [4.78, 5) is 12.1. The second kappa shape index (κ2) is 7.21. The van der Waals surface area contributed by atoms with Crippen molar-refractivity contribution in [1.82, 2.24) is 4.72 Å². The van der Waals surface area contributed by atoms with Gasteiger partial charge in [0.15, 0.2) is 0 Å². The summed E-state index contributed by atoms with van der Waals surface area (Å²) in [5.41, 5.74) is 1.10. The first-order valence-electron chi connectivity index (χ1n) is 5.94. The highest BCUT2D eigenvalue weighted by Gasteiger charge is 2.23. The number of carbonyl (C=O) groups excluding carboxylic acids is 1. The number of carbonyl (C=O) groups is 1. The van der Waals surface area contributed by atoms with Crippen LogP contribution in [0.15, 0.2) is 41.8 Å². The van der Waals surface area contributed by atoms with E-state index in [1.165, 1.54) is 7.11 Å². The number of nitrogens with one attached hydrogen (secondary N) is 1. The van der Waals surface area contributed by atoms with Crippen LogP contribution in [0.5, 0.6) is 0 Å². The molecule has 0 aromatic heterocycles. The molecule has 0 fully saturated rings. The van der Waals surface area contributed by atoms with Crippen molar-refractivity contribution in [3.8, 4) is 0 Å². The molecule has 0 spiro atoms. The molecule has 0 saturated heterocycles. The van der Waals surface area contributed by atoms with Gasteiger partial charge in [-0.15, -0.1) is 6.58 Å². The first-order chi connectivity index (χ1) is 8.99. The van der Waals surface area contributed by atoms with Gasteiger partial charge in [-0.3, -0.25) is 4.79 Å². The summed E-state index contributed by atoms with van der Waals surface area (Å²) >= 11 is 0. The average Bonchev–Trinajstić information content (AvgIpc) is 2.43. The van der Waals surface area contributed by atoms with E-state index in [2.05, 4.69) is 16.0 Å². The molecule has 4 nitrogen and oxygen atoms in total. The molecule has 104 valence electrons. The Balaban J connectivity index is 2.76. The maximum atomic E-state index is 12.1. The van der Waals surface area contributed by atoms with Crippen LogP contribution >= 0.6 is 0 Å². The SMILES string of the molecule is C=C[C@H](N[S@@](=O)c1ccc(C)cc1)[C@H](C)C(=O)OC. The molecule has 1 rings (SSSR count). The summed E-state index contributed by atoms with van der Waals surface area (Å²) in [7, 11) is -0.0605. The number of aryl methyl sites for hydroxylation is 1. The van der Waals surface area contributed by atoms with Crippen LogP contribution < -0.4 is 4.72 Å². The number of esters is 1. The van der Waals surface area contributed by atoms with E-state index in [1.807, 2.05) is 19.1 Å². The molecule has 0 aliphatic heterocycles. The van der Waals surface area contributed by atoms with E-state index in [9.17, 15) is 9.00 Å². The summed E-state index contributed by atoms with van der Waals surface area (Å²) in [5, 5.41) is 0. The van der Waals surface area contributed by atoms with Gasteiger partial charge < -0.3 is 4.74 Å². The normalized spacial score (nSPS) is 15.3. The minimum atomic E-state index is -1.39. The van der Waals surface area contributed by atoms with Crippen LogP contribution in [0, 0.1) is 12.8 Å². The molecule has 3 atom stereocenters. The van der Waals surface area contributed by atoms with E-state index < -0.39 is 22.9 Å². The van der Waals surface area contributed by atoms with E-state index >= 15 is 0 Å². The molecule has 0 heterocycles. The molecular formula is C14H19NO3S. The first-order valence-corrected chi connectivity index (χ1v) is 7.09. The zero-order chi connectivity index (χ0) is 14.4. The summed E-state index contributed by atoms with van der Waals surface area (Å²) in [6, 6.07) is 6.96. The van der Waals surface area contributed by atoms with Crippen LogP contribution in [0.25, 0.3) is 0 Å². The maximum Gasteiger partial charge on any atom is 0.310 e. The van der Waals surface area contributed by atoms with Crippen LogP contribution in [0.3, 0.4) is 0 Å². The van der Waals surface area contributed by atoms with Crippen molar-refractivity contribution in [1.29, 1.82) is 0 Å². The molecule has 1 aromatic carbocycles. The third-order valence-corrected chi connectivity index (χ3v) is 4.03. The van der Waals surface area contributed by atoms with Crippen molar-refractivity contribution in [3.63, 3.8) is 0 Å². The third kappa shape index (κ3) is 4.29. The van der Waals surface area contributed by atoms with Crippen molar-refractivity contribution < 1.29 is 13.7 Å². The molecule has 0 amide bonds. The number of ether oxygens (including phenoxy) is 1. The van der Waals surface area contributed by atoms with Crippen LogP contribution in [0.1, 0.15) is 12.5 Å². The Bertz CT molecular complexity index is 470. The number of methoxy groups -OCH3 is 1. The van der Waals surface area contributed by atoms with Gasteiger partial charge in [0.25, 0.3) is 0 Å². The summed E-state index contributed by atoms with van der Waals surface area (Å²) in [6.07, 6.45) is 1.56. The lowest BCUT2D eigenvalue weighted by Crippen LogP contribution is -2.38. The van der Waals surface area contributed by atoms with Crippen LogP contribution in [0.4, 0.5) is 0 Å². The smallest absolute Gasteiger partial charge is 0.310 e. The van der Waals surface area contributed by atoms with Gasteiger partial charge in [-0.1, -0.05) is 30.7 Å². The number of hydrogen-bond donors (Lipinski definition) is 1. The Morgan fingerprint density at radius 3 is 2.47 bits per heavy atom. The van der Waals surface area contributed by atoms with Gasteiger partial charge in [0, 0.05) is 0 Å². The summed E-state index contributed by atoms with van der Waals surface area (Å²) in [5.74, 6) is -0.810. The molecule has 1 N–H and O–H groups in total. The standard InChI is InChI=1S/C14H19NO3S/c1-5-13(11(3)14(16)18-4)15-19(17)12-8-6-10(2)7-9-12/h5-9,11,13,15H,1H2,2-4H3/t11-,13-,19-/m0/s1. The van der Waals surface area contributed by atoms with Crippen molar-refractivity contribution in [2.45, 2.75) is 24.8 Å². The van der Waals surface area contributed by atoms with Crippen LogP contribution in [-0.4, -0.2) is 23.3 Å². The van der Waals surface area contributed by atoms with E-state index in [1.54, 1.807) is 25.1 Å². The molecule has 0 radical (unpaired) electrons. The summed E-state index contributed by atoms with van der Waals surface area (Å²) in [6.45, 7) is 7.33. The lowest BCUT2D eigenvalue weighted by molar-refractivity contribution is -0.145. The van der Waals surface area contributed by atoms with Gasteiger partial charge in [-0.05, 0) is 19.1 Å². The van der Waals surface area contributed by atoms with Crippen LogP contribution in [-0.2, 0) is 20.5 Å². The van der Waals surface area contributed by atoms with E-state index in [0.717, 1.165) is 5.56 Å². The zero-order valence-corrected chi connectivity index (χ0v) is 12.2. The van der Waals surface area contributed by atoms with Gasteiger partial charge in [-0.25, -0.2) is 8.93 Å². The van der Waals surface area contributed by atoms with Gasteiger partial charge in [0.2, 0.25) is 0 Å². The second-order valence-corrected chi connectivity index (χ2v) is 5.52. The fraction of sp³-hybridized carbons (Fsp3) is 0.357. The quantitative estimate of drug-likeness (QED) is 0.640. The molecule has 1 aromatic rings. The largest absolute Gasteiger partial charge is 0.469 e. The van der Waals surface area contributed by atoms with E-state index in [4.69, 9.17) is 0 Å². The second-order valence-electron chi connectivity index (χ2n) is 4.27.